The number of amides is 2. The summed E-state index contributed by atoms with van der Waals surface area (Å²) in [5.74, 6) is -0.218. The van der Waals surface area contributed by atoms with Crippen molar-refractivity contribution in [2.24, 2.45) is 0 Å². The molecular formula is C24H22N4O4. The van der Waals surface area contributed by atoms with Gasteiger partial charge in [-0.2, -0.15) is 0 Å². The highest BCUT2D eigenvalue weighted by atomic mass is 16.5. The Hall–Kier alpha value is -4.20. The average molecular weight is 430 g/mol. The zero-order valence-corrected chi connectivity index (χ0v) is 17.6. The molecule has 4 rings (SSSR count). The molecule has 0 unspecified atom stereocenters. The standard InChI is InChI=1S/C24H22N4O4/c1-28(2)23(29)19-12-7-8-15(25-19)14-20(26-24(30)31)16-9-3-4-10-17(16)22-18-11-5-6-13-21(18)32-27-22/h3-13,20,26H,14H2,1-2H3,(H,30,31)/t20-/m0/s1. The highest BCUT2D eigenvalue weighted by Gasteiger charge is 2.22. The fourth-order valence-electron chi connectivity index (χ4n) is 3.64. The van der Waals surface area contributed by atoms with E-state index >= 15 is 0 Å². The second-order valence-corrected chi connectivity index (χ2v) is 7.53. The average Bonchev–Trinajstić information content (AvgIpc) is 3.22. The molecule has 2 aromatic carbocycles. The molecular weight excluding hydrogens is 408 g/mol. The number of fused-ring (bicyclic) bond motifs is 1. The van der Waals surface area contributed by atoms with Gasteiger partial charge in [0.25, 0.3) is 5.91 Å². The number of hydrogen-bond donors (Lipinski definition) is 2. The zero-order chi connectivity index (χ0) is 22.7. The van der Waals surface area contributed by atoms with E-state index in [0.717, 1.165) is 16.5 Å². The smallest absolute Gasteiger partial charge is 0.405 e. The first-order valence-corrected chi connectivity index (χ1v) is 10.0. The van der Waals surface area contributed by atoms with Crippen LogP contribution in [-0.2, 0) is 6.42 Å². The van der Waals surface area contributed by atoms with Gasteiger partial charge in [-0.15, -0.1) is 0 Å². The molecule has 4 aromatic rings. The van der Waals surface area contributed by atoms with Crippen LogP contribution >= 0.6 is 0 Å². The molecule has 0 bridgehead atoms. The van der Waals surface area contributed by atoms with Crippen molar-refractivity contribution in [2.75, 3.05) is 14.1 Å². The lowest BCUT2D eigenvalue weighted by atomic mass is 9.93. The summed E-state index contributed by atoms with van der Waals surface area (Å²) in [5.41, 5.74) is 3.68. The lowest BCUT2D eigenvalue weighted by molar-refractivity contribution is 0.0821. The van der Waals surface area contributed by atoms with Crippen LogP contribution in [0.4, 0.5) is 4.79 Å². The van der Waals surface area contributed by atoms with E-state index in [9.17, 15) is 14.7 Å². The number of nitrogens with zero attached hydrogens (tertiary/aromatic N) is 3. The van der Waals surface area contributed by atoms with Crippen LogP contribution in [0.3, 0.4) is 0 Å². The molecule has 0 saturated heterocycles. The van der Waals surface area contributed by atoms with Gasteiger partial charge in [-0.05, 0) is 29.8 Å². The molecule has 0 aliphatic carbocycles. The summed E-state index contributed by atoms with van der Waals surface area (Å²) < 4.78 is 5.46. The maximum absolute atomic E-state index is 12.3. The normalized spacial score (nSPS) is 11.8. The van der Waals surface area contributed by atoms with Crippen LogP contribution in [0.2, 0.25) is 0 Å². The molecule has 162 valence electrons. The number of aromatic nitrogens is 2. The maximum atomic E-state index is 12.3. The second kappa shape index (κ2) is 8.89. The number of rotatable bonds is 6. The number of carbonyl (C=O) groups excluding carboxylic acids is 1. The molecule has 0 fully saturated rings. The molecule has 2 N–H and O–H groups in total. The van der Waals surface area contributed by atoms with E-state index in [1.165, 1.54) is 4.90 Å². The van der Waals surface area contributed by atoms with E-state index in [4.69, 9.17) is 4.52 Å². The van der Waals surface area contributed by atoms with Gasteiger partial charge in [0.05, 0.1) is 6.04 Å². The molecule has 0 spiro atoms. The fraction of sp³-hybridized carbons (Fsp3) is 0.167. The third-order valence-electron chi connectivity index (χ3n) is 5.11. The fourth-order valence-corrected chi connectivity index (χ4v) is 3.64. The minimum absolute atomic E-state index is 0.218. The number of nitrogens with one attached hydrogen (secondary N) is 1. The minimum atomic E-state index is -1.16. The number of pyridine rings is 1. The number of para-hydroxylation sites is 1. The van der Waals surface area contributed by atoms with Gasteiger partial charge >= 0.3 is 6.09 Å². The van der Waals surface area contributed by atoms with Gasteiger partial charge in [-0.3, -0.25) is 4.79 Å². The number of hydrogen-bond acceptors (Lipinski definition) is 5. The second-order valence-electron chi connectivity index (χ2n) is 7.53. The summed E-state index contributed by atoms with van der Waals surface area (Å²) in [4.78, 5) is 29.8. The quantitative estimate of drug-likeness (QED) is 0.476. The van der Waals surface area contributed by atoms with E-state index in [0.29, 0.717) is 22.7 Å². The maximum Gasteiger partial charge on any atom is 0.405 e. The summed E-state index contributed by atoms with van der Waals surface area (Å²) in [5, 5.41) is 17.2. The van der Waals surface area contributed by atoms with E-state index in [2.05, 4.69) is 15.5 Å². The van der Waals surface area contributed by atoms with Gasteiger partial charge < -0.3 is 19.8 Å². The van der Waals surface area contributed by atoms with E-state index in [-0.39, 0.29) is 12.3 Å². The van der Waals surface area contributed by atoms with Crippen molar-refractivity contribution in [2.45, 2.75) is 12.5 Å². The summed E-state index contributed by atoms with van der Waals surface area (Å²) in [6.45, 7) is 0. The van der Waals surface area contributed by atoms with Crippen LogP contribution in [0.1, 0.15) is 27.8 Å². The van der Waals surface area contributed by atoms with Crippen molar-refractivity contribution in [3.63, 3.8) is 0 Å². The Bertz CT molecular complexity index is 1280. The van der Waals surface area contributed by atoms with Crippen molar-refractivity contribution in [1.29, 1.82) is 0 Å². The first kappa shape index (κ1) is 21.0. The Labute approximate surface area is 184 Å². The van der Waals surface area contributed by atoms with Gasteiger partial charge in [0.15, 0.2) is 5.58 Å². The highest BCUT2D eigenvalue weighted by Crippen LogP contribution is 2.34. The van der Waals surface area contributed by atoms with Crippen molar-refractivity contribution in [3.05, 3.63) is 83.7 Å². The molecule has 1 atom stereocenters. The molecule has 0 radical (unpaired) electrons. The minimum Gasteiger partial charge on any atom is -0.465 e. The lowest BCUT2D eigenvalue weighted by Crippen LogP contribution is -2.29. The molecule has 2 amide bonds. The molecule has 8 heteroatoms. The van der Waals surface area contributed by atoms with Gasteiger partial charge in [-0.25, -0.2) is 9.78 Å². The number of carboxylic acid groups (broad SMARTS) is 1. The van der Waals surface area contributed by atoms with Crippen LogP contribution < -0.4 is 5.32 Å². The third kappa shape index (κ3) is 4.29. The van der Waals surface area contributed by atoms with E-state index < -0.39 is 12.1 Å². The van der Waals surface area contributed by atoms with Crippen LogP contribution in [0.15, 0.2) is 71.3 Å². The van der Waals surface area contributed by atoms with Gasteiger partial charge in [0.2, 0.25) is 0 Å². The molecule has 0 aliphatic heterocycles. The molecule has 32 heavy (non-hydrogen) atoms. The number of benzene rings is 2. The summed E-state index contributed by atoms with van der Waals surface area (Å²) in [6.07, 6.45) is -0.900. The molecule has 2 heterocycles. The zero-order valence-electron chi connectivity index (χ0n) is 17.6. The first-order valence-electron chi connectivity index (χ1n) is 10.0. The van der Waals surface area contributed by atoms with Crippen molar-refractivity contribution in [1.82, 2.24) is 20.4 Å². The molecule has 0 aliphatic rings. The van der Waals surface area contributed by atoms with Crippen molar-refractivity contribution < 1.29 is 19.2 Å². The van der Waals surface area contributed by atoms with Crippen LogP contribution in [-0.4, -0.2) is 46.2 Å². The molecule has 2 aromatic heterocycles. The predicted molar refractivity (Wildman–Crippen MR) is 119 cm³/mol. The Morgan fingerprint density at radius 1 is 1.03 bits per heavy atom. The van der Waals surface area contributed by atoms with Crippen molar-refractivity contribution in [3.8, 4) is 11.3 Å². The highest BCUT2D eigenvalue weighted by molar-refractivity contribution is 5.93. The largest absolute Gasteiger partial charge is 0.465 e. The third-order valence-corrected chi connectivity index (χ3v) is 5.11. The van der Waals surface area contributed by atoms with Gasteiger partial charge in [0, 0.05) is 37.2 Å². The van der Waals surface area contributed by atoms with Crippen LogP contribution in [0.5, 0.6) is 0 Å². The van der Waals surface area contributed by atoms with E-state index in [1.54, 1.807) is 32.3 Å². The Kier molecular flexibility index (Phi) is 5.85. The van der Waals surface area contributed by atoms with Crippen molar-refractivity contribution >= 4 is 23.0 Å². The van der Waals surface area contributed by atoms with E-state index in [1.807, 2.05) is 48.5 Å². The monoisotopic (exact) mass is 430 g/mol. The summed E-state index contributed by atoms with van der Waals surface area (Å²) in [6, 6.07) is 19.5. The first-order chi connectivity index (χ1) is 15.4. The Morgan fingerprint density at radius 2 is 1.78 bits per heavy atom. The Morgan fingerprint density at radius 3 is 2.56 bits per heavy atom. The number of carbonyl (C=O) groups is 2. The SMILES string of the molecule is CN(C)C(=O)c1cccc(C[C@H](NC(=O)O)c2ccccc2-c2noc3ccccc23)n1. The lowest BCUT2D eigenvalue weighted by Gasteiger charge is -2.20. The Balaban J connectivity index is 1.75. The summed E-state index contributed by atoms with van der Waals surface area (Å²) >= 11 is 0. The van der Waals surface area contributed by atoms with Crippen LogP contribution in [0.25, 0.3) is 22.2 Å². The molecule has 0 saturated carbocycles. The van der Waals surface area contributed by atoms with Crippen LogP contribution in [0, 0.1) is 0 Å². The topological polar surface area (TPSA) is 109 Å². The molecule has 8 nitrogen and oxygen atoms in total. The predicted octanol–water partition coefficient (Wildman–Crippen LogP) is 4.14. The summed E-state index contributed by atoms with van der Waals surface area (Å²) in [7, 11) is 3.31. The van der Waals surface area contributed by atoms with Gasteiger partial charge in [-0.1, -0.05) is 47.6 Å². The van der Waals surface area contributed by atoms with Gasteiger partial charge in [0.1, 0.15) is 11.4 Å².